The fraction of sp³-hybridized carbons (Fsp3) is 0.467. The van der Waals surface area contributed by atoms with Gasteiger partial charge < -0.3 is 14.9 Å². The number of hydrogen-bond acceptors (Lipinski definition) is 6. The lowest BCUT2D eigenvalue weighted by atomic mass is 10.2. The molecule has 0 bridgehead atoms. The molecule has 0 spiro atoms. The Labute approximate surface area is 128 Å². The normalized spacial score (nSPS) is 10.5. The third-order valence-electron chi connectivity index (χ3n) is 3.09. The van der Waals surface area contributed by atoms with E-state index in [0.717, 1.165) is 31.6 Å². The van der Waals surface area contributed by atoms with Gasteiger partial charge in [0.15, 0.2) is 5.82 Å². The highest BCUT2D eigenvalue weighted by Crippen LogP contribution is 2.06. The smallest absolute Gasteiger partial charge is 0.303 e. The number of aromatic nitrogens is 3. The molecule has 0 fully saturated rings. The molecular formula is C15H20N4O3. The summed E-state index contributed by atoms with van der Waals surface area (Å²) in [6.45, 7) is 0.848. The van der Waals surface area contributed by atoms with E-state index in [9.17, 15) is 4.79 Å². The molecule has 2 aromatic heterocycles. The molecule has 0 aliphatic carbocycles. The van der Waals surface area contributed by atoms with Gasteiger partial charge in [-0.3, -0.25) is 4.79 Å². The van der Waals surface area contributed by atoms with Crippen LogP contribution < -0.4 is 5.32 Å². The van der Waals surface area contributed by atoms with Crippen LogP contribution in [-0.2, 0) is 17.6 Å². The zero-order valence-corrected chi connectivity index (χ0v) is 12.4. The molecule has 2 heterocycles. The molecule has 7 heteroatoms. The number of pyridine rings is 1. The first-order chi connectivity index (χ1) is 10.7. The van der Waals surface area contributed by atoms with Crippen LogP contribution in [-0.4, -0.2) is 32.7 Å². The van der Waals surface area contributed by atoms with Crippen LogP contribution in [0.5, 0.6) is 0 Å². The average Bonchev–Trinajstić information content (AvgIpc) is 2.95. The van der Waals surface area contributed by atoms with E-state index in [4.69, 9.17) is 9.63 Å². The molecule has 2 rings (SSSR count). The van der Waals surface area contributed by atoms with Crippen molar-refractivity contribution < 1.29 is 14.4 Å². The van der Waals surface area contributed by atoms with Gasteiger partial charge in [-0.2, -0.15) is 4.98 Å². The van der Waals surface area contributed by atoms with Gasteiger partial charge in [0.2, 0.25) is 5.89 Å². The Balaban J connectivity index is 1.59. The Hall–Kier alpha value is -2.44. The van der Waals surface area contributed by atoms with Gasteiger partial charge in [-0.1, -0.05) is 11.2 Å². The summed E-state index contributed by atoms with van der Waals surface area (Å²) in [6, 6.07) is 5.76. The van der Waals surface area contributed by atoms with Crippen LogP contribution in [0.4, 0.5) is 5.82 Å². The van der Waals surface area contributed by atoms with E-state index in [1.807, 2.05) is 18.2 Å². The summed E-state index contributed by atoms with van der Waals surface area (Å²) in [5, 5.41) is 15.7. The number of unbranched alkanes of at least 4 members (excludes halogenated alkanes) is 1. The second-order valence-corrected chi connectivity index (χ2v) is 4.95. The maximum absolute atomic E-state index is 10.4. The van der Waals surface area contributed by atoms with Crippen molar-refractivity contribution in [1.29, 1.82) is 0 Å². The number of aliphatic carboxylic acids is 1. The first-order valence-electron chi connectivity index (χ1n) is 7.42. The van der Waals surface area contributed by atoms with Crippen molar-refractivity contribution in [2.45, 2.75) is 38.5 Å². The van der Waals surface area contributed by atoms with Gasteiger partial charge in [-0.25, -0.2) is 4.98 Å². The lowest BCUT2D eigenvalue weighted by Crippen LogP contribution is -2.03. The number of anilines is 1. The molecule has 0 aromatic carbocycles. The molecule has 2 aromatic rings. The summed E-state index contributed by atoms with van der Waals surface area (Å²) in [6.07, 6.45) is 5.61. The van der Waals surface area contributed by atoms with Crippen LogP contribution >= 0.6 is 0 Å². The number of aryl methyl sites for hydroxylation is 2. The van der Waals surface area contributed by atoms with Gasteiger partial charge in [0.25, 0.3) is 0 Å². The number of rotatable bonds is 10. The first-order valence-corrected chi connectivity index (χ1v) is 7.42. The summed E-state index contributed by atoms with van der Waals surface area (Å²) in [5.41, 5.74) is 0. The van der Waals surface area contributed by atoms with Crippen LogP contribution in [0, 0.1) is 0 Å². The fourth-order valence-electron chi connectivity index (χ4n) is 1.98. The lowest BCUT2D eigenvalue weighted by Gasteiger charge is -2.03. The van der Waals surface area contributed by atoms with Crippen molar-refractivity contribution >= 4 is 11.8 Å². The van der Waals surface area contributed by atoms with Gasteiger partial charge >= 0.3 is 5.97 Å². The van der Waals surface area contributed by atoms with E-state index < -0.39 is 5.97 Å². The van der Waals surface area contributed by atoms with Gasteiger partial charge in [-0.15, -0.1) is 0 Å². The standard InChI is InChI=1S/C15H20N4O3/c20-15(21)9-5-8-14-18-13(19-22-14)7-2-4-11-17-12-6-1-3-10-16-12/h1,3,6,10H,2,4-5,7-9,11H2,(H,16,17)(H,20,21). The van der Waals surface area contributed by atoms with Gasteiger partial charge in [0.05, 0.1) is 0 Å². The van der Waals surface area contributed by atoms with Crippen LogP contribution in [0.3, 0.4) is 0 Å². The zero-order chi connectivity index (χ0) is 15.6. The Kier molecular flexibility index (Phi) is 6.35. The number of nitrogens with one attached hydrogen (secondary N) is 1. The third-order valence-corrected chi connectivity index (χ3v) is 3.09. The molecule has 2 N–H and O–H groups in total. The van der Waals surface area contributed by atoms with E-state index in [0.29, 0.717) is 24.6 Å². The van der Waals surface area contributed by atoms with Crippen molar-refractivity contribution in [3.8, 4) is 0 Å². The minimum Gasteiger partial charge on any atom is -0.481 e. The van der Waals surface area contributed by atoms with E-state index in [2.05, 4.69) is 20.4 Å². The van der Waals surface area contributed by atoms with Crippen LogP contribution in [0.25, 0.3) is 0 Å². The SMILES string of the molecule is O=C(O)CCCc1nc(CCCCNc2ccccn2)no1. The minimum absolute atomic E-state index is 0.122. The van der Waals surface area contributed by atoms with E-state index in [-0.39, 0.29) is 6.42 Å². The molecule has 7 nitrogen and oxygen atoms in total. The lowest BCUT2D eigenvalue weighted by molar-refractivity contribution is -0.137. The fourth-order valence-corrected chi connectivity index (χ4v) is 1.98. The Morgan fingerprint density at radius 1 is 1.23 bits per heavy atom. The third kappa shape index (κ3) is 5.90. The van der Waals surface area contributed by atoms with Crippen LogP contribution in [0.2, 0.25) is 0 Å². The Bertz CT molecular complexity index is 571. The number of carbonyl (C=O) groups is 1. The topological polar surface area (TPSA) is 101 Å². The molecule has 0 amide bonds. The van der Waals surface area contributed by atoms with Crippen molar-refractivity contribution in [1.82, 2.24) is 15.1 Å². The molecule has 0 atom stereocenters. The van der Waals surface area contributed by atoms with Gasteiger partial charge in [0, 0.05) is 32.0 Å². The zero-order valence-electron chi connectivity index (χ0n) is 12.4. The molecule has 22 heavy (non-hydrogen) atoms. The van der Waals surface area contributed by atoms with E-state index in [1.54, 1.807) is 6.20 Å². The summed E-state index contributed by atoms with van der Waals surface area (Å²) in [4.78, 5) is 18.9. The summed E-state index contributed by atoms with van der Waals surface area (Å²) < 4.78 is 5.09. The number of carboxylic acid groups (broad SMARTS) is 1. The van der Waals surface area contributed by atoms with E-state index in [1.165, 1.54) is 0 Å². The van der Waals surface area contributed by atoms with Gasteiger partial charge in [0.1, 0.15) is 5.82 Å². The minimum atomic E-state index is -0.805. The van der Waals surface area contributed by atoms with Crippen molar-refractivity contribution in [3.63, 3.8) is 0 Å². The van der Waals surface area contributed by atoms with Crippen LogP contribution in [0.15, 0.2) is 28.9 Å². The Morgan fingerprint density at radius 2 is 2.14 bits per heavy atom. The predicted molar refractivity (Wildman–Crippen MR) is 80.5 cm³/mol. The molecule has 0 aliphatic heterocycles. The molecule has 0 unspecified atom stereocenters. The van der Waals surface area contributed by atoms with Crippen molar-refractivity contribution in [2.75, 3.05) is 11.9 Å². The molecule has 0 radical (unpaired) electrons. The highest BCUT2D eigenvalue weighted by Gasteiger charge is 2.07. The number of carboxylic acids is 1. The van der Waals surface area contributed by atoms with E-state index >= 15 is 0 Å². The second-order valence-electron chi connectivity index (χ2n) is 4.95. The number of hydrogen-bond donors (Lipinski definition) is 2. The average molecular weight is 304 g/mol. The van der Waals surface area contributed by atoms with Gasteiger partial charge in [-0.05, 0) is 31.4 Å². The molecule has 0 aliphatic rings. The summed E-state index contributed by atoms with van der Waals surface area (Å²) >= 11 is 0. The summed E-state index contributed by atoms with van der Waals surface area (Å²) in [5.74, 6) is 1.27. The van der Waals surface area contributed by atoms with Crippen molar-refractivity contribution in [3.05, 3.63) is 36.1 Å². The van der Waals surface area contributed by atoms with Crippen LogP contribution in [0.1, 0.15) is 37.4 Å². The second kappa shape index (κ2) is 8.76. The maximum atomic E-state index is 10.4. The molecule has 118 valence electrons. The quantitative estimate of drug-likeness (QED) is 0.649. The summed E-state index contributed by atoms with van der Waals surface area (Å²) in [7, 11) is 0. The molecule has 0 saturated carbocycles. The monoisotopic (exact) mass is 304 g/mol. The number of nitrogens with zero attached hydrogens (tertiary/aromatic N) is 3. The first kappa shape index (κ1) is 15.9. The highest BCUT2D eigenvalue weighted by molar-refractivity contribution is 5.66. The molecular weight excluding hydrogens is 284 g/mol. The largest absolute Gasteiger partial charge is 0.481 e. The highest BCUT2D eigenvalue weighted by atomic mass is 16.5. The predicted octanol–water partition coefficient (Wildman–Crippen LogP) is 2.31. The van der Waals surface area contributed by atoms with Crippen molar-refractivity contribution in [2.24, 2.45) is 0 Å². The Morgan fingerprint density at radius 3 is 2.91 bits per heavy atom. The maximum Gasteiger partial charge on any atom is 0.303 e. The molecule has 0 saturated heterocycles.